The van der Waals surface area contributed by atoms with Crippen molar-refractivity contribution in [2.45, 2.75) is 14.4 Å². The summed E-state index contributed by atoms with van der Waals surface area (Å²) in [5, 5.41) is 0. The average Bonchev–Trinajstić information content (AvgIpc) is 3.35. The molecular weight excluding hydrogens is 601 g/mol. The fourth-order valence-corrected chi connectivity index (χ4v) is 4.24. The molecule has 0 N–H and O–H groups in total. The van der Waals surface area contributed by atoms with Gasteiger partial charge in [-0.05, 0) is 43.4 Å². The maximum Gasteiger partial charge on any atom is 0.0971 e. The van der Waals surface area contributed by atoms with Crippen molar-refractivity contribution >= 4 is 28.2 Å². The number of fused-ring (bicyclic) bond motifs is 2. The molecular formula is C28H24N5Pt-3. The molecule has 0 fully saturated rings. The maximum absolute atomic E-state index is 4.97. The first kappa shape index (κ1) is 23.7. The van der Waals surface area contributed by atoms with Gasteiger partial charge in [0.15, 0.2) is 0 Å². The number of rotatable bonds is 3. The maximum atomic E-state index is 4.97. The zero-order valence-corrected chi connectivity index (χ0v) is 20.4. The molecule has 6 heteroatoms. The number of aryl methyl sites for hydroxylation is 1. The second-order valence-corrected chi connectivity index (χ2v) is 7.81. The Bertz CT molecular complexity index is 1440. The van der Waals surface area contributed by atoms with Gasteiger partial charge in [-0.15, -0.1) is 36.5 Å². The van der Waals surface area contributed by atoms with E-state index in [0.717, 1.165) is 51.0 Å². The molecule has 3 aromatic carbocycles. The first-order chi connectivity index (χ1) is 15.7. The summed E-state index contributed by atoms with van der Waals surface area (Å²) in [5.74, 6) is 1.78. The van der Waals surface area contributed by atoms with Crippen LogP contribution in [-0.4, -0.2) is 21.6 Å². The number of hydrogen-bond acceptors (Lipinski definition) is 4. The molecule has 6 rings (SSSR count). The zero-order valence-electron chi connectivity index (χ0n) is 18.1. The number of para-hydroxylation sites is 3. The van der Waals surface area contributed by atoms with E-state index in [1.54, 1.807) is 0 Å². The molecule has 0 spiro atoms. The normalized spacial score (nSPS) is 12.3. The molecule has 0 amide bonds. The van der Waals surface area contributed by atoms with E-state index in [4.69, 9.17) is 9.97 Å². The Morgan fingerprint density at radius 1 is 0.853 bits per heavy atom. The minimum Gasteiger partial charge on any atom is -0.504 e. The van der Waals surface area contributed by atoms with Crippen LogP contribution in [0.25, 0.3) is 28.0 Å². The van der Waals surface area contributed by atoms with E-state index in [9.17, 15) is 0 Å². The van der Waals surface area contributed by atoms with Gasteiger partial charge in [0.1, 0.15) is 0 Å². The molecule has 0 saturated heterocycles. The van der Waals surface area contributed by atoms with E-state index >= 15 is 0 Å². The van der Waals surface area contributed by atoms with Crippen LogP contribution < -0.4 is 9.80 Å². The number of pyridine rings is 1. The van der Waals surface area contributed by atoms with Crippen molar-refractivity contribution in [3.8, 4) is 16.9 Å². The third kappa shape index (κ3) is 3.90. The topological polar surface area (TPSA) is 37.2 Å². The van der Waals surface area contributed by atoms with E-state index < -0.39 is 0 Å². The van der Waals surface area contributed by atoms with E-state index in [2.05, 4.69) is 64.5 Å². The van der Waals surface area contributed by atoms with Gasteiger partial charge in [0.2, 0.25) is 0 Å². The first-order valence-corrected chi connectivity index (χ1v) is 10.5. The summed E-state index contributed by atoms with van der Waals surface area (Å²) < 4.78 is 2.09. The minimum atomic E-state index is 0. The van der Waals surface area contributed by atoms with Gasteiger partial charge in [-0.1, -0.05) is 37.4 Å². The molecule has 1 aliphatic heterocycles. The van der Waals surface area contributed by atoms with Crippen LogP contribution in [0.2, 0.25) is 0 Å². The Balaban J connectivity index is 0.00000137. The molecule has 0 unspecified atom stereocenters. The van der Waals surface area contributed by atoms with Crippen LogP contribution in [0.4, 0.5) is 17.2 Å². The fraction of sp³-hybridized carbons (Fsp3) is 0.107. The minimum absolute atomic E-state index is 0. The van der Waals surface area contributed by atoms with Crippen molar-refractivity contribution in [2.75, 3.05) is 16.8 Å². The number of imidazole rings is 1. The third-order valence-corrected chi connectivity index (χ3v) is 5.73. The summed E-state index contributed by atoms with van der Waals surface area (Å²) in [6.45, 7) is 4.07. The molecule has 1 aliphatic rings. The molecule has 0 saturated carbocycles. The monoisotopic (exact) mass is 625 g/mol. The zero-order chi connectivity index (χ0) is 21.7. The van der Waals surface area contributed by atoms with Gasteiger partial charge in [0, 0.05) is 38.0 Å². The molecule has 5 aromatic rings. The smallest absolute Gasteiger partial charge is 0.0971 e. The summed E-state index contributed by atoms with van der Waals surface area (Å²) in [6.07, 6.45) is 0. The fourth-order valence-electron chi connectivity index (χ4n) is 4.24. The van der Waals surface area contributed by atoms with E-state index in [1.165, 1.54) is 0 Å². The number of aromatic nitrogens is 3. The van der Waals surface area contributed by atoms with Gasteiger partial charge in [-0.2, -0.15) is 24.3 Å². The molecule has 3 heterocycles. The third-order valence-electron chi connectivity index (χ3n) is 5.73. The van der Waals surface area contributed by atoms with Crippen molar-refractivity contribution in [3.05, 3.63) is 103 Å². The van der Waals surface area contributed by atoms with Gasteiger partial charge < -0.3 is 14.4 Å². The predicted octanol–water partition coefficient (Wildman–Crippen LogP) is 6.34. The Hall–Kier alpha value is -3.43. The van der Waals surface area contributed by atoms with E-state index in [1.807, 2.05) is 61.5 Å². The summed E-state index contributed by atoms with van der Waals surface area (Å²) in [6, 6.07) is 33.3. The Kier molecular flexibility index (Phi) is 6.58. The molecule has 2 aromatic heterocycles. The van der Waals surface area contributed by atoms with Crippen LogP contribution in [0.1, 0.15) is 13.3 Å². The first-order valence-electron chi connectivity index (χ1n) is 10.5. The van der Waals surface area contributed by atoms with Crippen LogP contribution >= 0.6 is 0 Å². The van der Waals surface area contributed by atoms with Gasteiger partial charge in [0.25, 0.3) is 0 Å². The van der Waals surface area contributed by atoms with Crippen LogP contribution in [0.3, 0.4) is 0 Å². The molecule has 5 nitrogen and oxygen atoms in total. The van der Waals surface area contributed by atoms with Crippen molar-refractivity contribution in [1.29, 1.82) is 0 Å². The molecule has 0 bridgehead atoms. The van der Waals surface area contributed by atoms with Gasteiger partial charge >= 0.3 is 0 Å². The summed E-state index contributed by atoms with van der Waals surface area (Å²) in [7, 11) is 2.05. The SMILES string of the molecule is C.Cc1nc2ccc(-c3cccc(N4[CH-]N(C)c5ccccc54)n3)[c-]c2n1-c1[c-]cccc1.[Pt]. The van der Waals surface area contributed by atoms with Crippen LogP contribution in [0, 0.1) is 25.7 Å². The van der Waals surface area contributed by atoms with Crippen molar-refractivity contribution in [3.63, 3.8) is 0 Å². The molecule has 0 aliphatic carbocycles. The van der Waals surface area contributed by atoms with Crippen molar-refractivity contribution < 1.29 is 21.1 Å². The molecule has 0 atom stereocenters. The number of nitrogens with zero attached hydrogens (tertiary/aromatic N) is 5. The van der Waals surface area contributed by atoms with Crippen LogP contribution in [-0.2, 0) is 21.1 Å². The van der Waals surface area contributed by atoms with Crippen LogP contribution in [0.15, 0.2) is 78.9 Å². The Morgan fingerprint density at radius 2 is 1.65 bits per heavy atom. The van der Waals surface area contributed by atoms with E-state index in [-0.39, 0.29) is 28.5 Å². The quantitative estimate of drug-likeness (QED) is 0.220. The second kappa shape index (κ2) is 9.44. The number of benzene rings is 3. The standard InChI is InChI=1S/C27H20N5.CH4.Pt/c1-19-28-23-16-15-20(17-26(23)32(19)21-9-4-3-5-10-21)22-11-8-14-27(29-22)31-18-30(2)24-12-6-7-13-25(24)31;;/h3-9,11-16,18H,1-2H3;1H4;/q-3;;. The van der Waals surface area contributed by atoms with Gasteiger partial charge in [-0.3, -0.25) is 9.97 Å². The second-order valence-electron chi connectivity index (χ2n) is 7.81. The number of anilines is 3. The number of hydrogen-bond donors (Lipinski definition) is 0. The van der Waals surface area contributed by atoms with Gasteiger partial charge in [-0.25, -0.2) is 0 Å². The predicted molar refractivity (Wildman–Crippen MR) is 135 cm³/mol. The summed E-state index contributed by atoms with van der Waals surface area (Å²) >= 11 is 0. The molecule has 174 valence electrons. The van der Waals surface area contributed by atoms with Gasteiger partial charge in [0.05, 0.1) is 11.6 Å². The largest absolute Gasteiger partial charge is 0.504 e. The van der Waals surface area contributed by atoms with E-state index in [0.29, 0.717) is 0 Å². The molecule has 0 radical (unpaired) electrons. The van der Waals surface area contributed by atoms with Crippen LogP contribution in [0.5, 0.6) is 0 Å². The average molecular weight is 626 g/mol. The van der Waals surface area contributed by atoms with Crippen molar-refractivity contribution in [1.82, 2.24) is 14.5 Å². The Morgan fingerprint density at radius 3 is 2.44 bits per heavy atom. The summed E-state index contributed by atoms with van der Waals surface area (Å²) in [5.41, 5.74) is 6.85. The Labute approximate surface area is 215 Å². The van der Waals surface area contributed by atoms with Crippen molar-refractivity contribution in [2.24, 2.45) is 0 Å². The summed E-state index contributed by atoms with van der Waals surface area (Å²) in [4.78, 5) is 13.9. The molecule has 34 heavy (non-hydrogen) atoms.